The third-order valence-corrected chi connectivity index (χ3v) is 3.17. The Bertz CT molecular complexity index is 600. The molecule has 2 aliphatic rings. The van der Waals surface area contributed by atoms with Gasteiger partial charge in [-0.05, 0) is 17.7 Å². The molecule has 8 heteroatoms. The number of rotatable bonds is 4. The number of nitrogens with one attached hydrogen (secondary N) is 2. The molecule has 2 N–H and O–H groups in total. The molecule has 0 bridgehead atoms. The van der Waals surface area contributed by atoms with E-state index in [1.165, 1.54) is 0 Å². The number of carbonyl (C=O) groups is 3. The van der Waals surface area contributed by atoms with Gasteiger partial charge in [0.1, 0.15) is 6.54 Å². The third kappa shape index (κ3) is 2.73. The molecule has 4 amide bonds. The summed E-state index contributed by atoms with van der Waals surface area (Å²) in [7, 11) is 0. The summed E-state index contributed by atoms with van der Waals surface area (Å²) in [6, 6.07) is 4.80. The van der Waals surface area contributed by atoms with Crippen LogP contribution in [0.2, 0.25) is 0 Å². The number of nitrogens with zero attached hydrogens (tertiary/aromatic N) is 1. The van der Waals surface area contributed by atoms with Crippen LogP contribution in [-0.2, 0) is 16.1 Å². The van der Waals surface area contributed by atoms with E-state index < -0.39 is 17.8 Å². The number of carbonyl (C=O) groups excluding carboxylic acids is 3. The lowest BCUT2D eigenvalue weighted by molar-refractivity contribution is -0.130. The quantitative estimate of drug-likeness (QED) is 0.735. The molecule has 1 aromatic rings. The molecule has 0 unspecified atom stereocenters. The molecule has 0 spiro atoms. The number of hydrogen-bond acceptors (Lipinski definition) is 5. The fraction of sp³-hybridized carbons (Fsp3) is 0.308. The van der Waals surface area contributed by atoms with E-state index in [0.717, 1.165) is 10.5 Å². The second-order valence-corrected chi connectivity index (χ2v) is 4.60. The maximum Gasteiger partial charge on any atom is 0.325 e. The molecule has 1 saturated heterocycles. The SMILES string of the molecule is O=C(CN1C(=O)CNC1=O)NCc1ccc2c(c1)OCO2. The molecule has 2 heterocycles. The molecule has 0 atom stereocenters. The summed E-state index contributed by atoms with van der Waals surface area (Å²) in [5.74, 6) is 0.497. The lowest BCUT2D eigenvalue weighted by Gasteiger charge is -2.12. The van der Waals surface area contributed by atoms with E-state index in [9.17, 15) is 14.4 Å². The highest BCUT2D eigenvalue weighted by Gasteiger charge is 2.29. The highest BCUT2D eigenvalue weighted by molar-refractivity contribution is 6.04. The minimum atomic E-state index is -0.543. The number of hydrogen-bond donors (Lipinski definition) is 2. The monoisotopic (exact) mass is 291 g/mol. The topological polar surface area (TPSA) is 97.0 Å². The Labute approximate surface area is 120 Å². The molecular weight excluding hydrogens is 278 g/mol. The van der Waals surface area contributed by atoms with Crippen molar-refractivity contribution in [3.05, 3.63) is 23.8 Å². The maximum atomic E-state index is 11.8. The van der Waals surface area contributed by atoms with Crippen LogP contribution in [-0.4, -0.2) is 42.6 Å². The molecule has 8 nitrogen and oxygen atoms in total. The molecule has 0 saturated carbocycles. The Kier molecular flexibility index (Phi) is 3.35. The molecule has 3 rings (SSSR count). The smallest absolute Gasteiger partial charge is 0.325 e. The van der Waals surface area contributed by atoms with Gasteiger partial charge in [0.25, 0.3) is 5.91 Å². The van der Waals surface area contributed by atoms with Crippen LogP contribution in [0, 0.1) is 0 Å². The van der Waals surface area contributed by atoms with Crippen molar-refractivity contribution in [1.29, 1.82) is 0 Å². The van der Waals surface area contributed by atoms with Gasteiger partial charge < -0.3 is 20.1 Å². The van der Waals surface area contributed by atoms with Gasteiger partial charge in [-0.2, -0.15) is 0 Å². The predicted octanol–water partition coefficient (Wildman–Crippen LogP) is -0.417. The number of fused-ring (bicyclic) bond motifs is 1. The van der Waals surface area contributed by atoms with E-state index in [2.05, 4.69) is 10.6 Å². The zero-order chi connectivity index (χ0) is 14.8. The molecule has 110 valence electrons. The largest absolute Gasteiger partial charge is 0.454 e. The minimum Gasteiger partial charge on any atom is -0.454 e. The Morgan fingerprint density at radius 1 is 1.29 bits per heavy atom. The number of imide groups is 1. The Morgan fingerprint density at radius 3 is 2.86 bits per heavy atom. The summed E-state index contributed by atoms with van der Waals surface area (Å²) in [6.45, 7) is 0.125. The third-order valence-electron chi connectivity index (χ3n) is 3.17. The molecule has 0 aliphatic carbocycles. The van der Waals surface area contributed by atoms with Crippen LogP contribution in [0.15, 0.2) is 18.2 Å². The number of urea groups is 1. The van der Waals surface area contributed by atoms with E-state index in [4.69, 9.17) is 9.47 Å². The van der Waals surface area contributed by atoms with Crippen LogP contribution in [0.25, 0.3) is 0 Å². The fourth-order valence-corrected chi connectivity index (χ4v) is 2.07. The normalized spacial score (nSPS) is 16.1. The van der Waals surface area contributed by atoms with Gasteiger partial charge in [0.15, 0.2) is 11.5 Å². The number of amides is 4. The van der Waals surface area contributed by atoms with Gasteiger partial charge in [-0.15, -0.1) is 0 Å². The zero-order valence-electron chi connectivity index (χ0n) is 11.0. The van der Waals surface area contributed by atoms with Crippen LogP contribution >= 0.6 is 0 Å². The van der Waals surface area contributed by atoms with Gasteiger partial charge in [-0.3, -0.25) is 14.5 Å². The molecule has 0 radical (unpaired) electrons. The van der Waals surface area contributed by atoms with Crippen LogP contribution in [0.1, 0.15) is 5.56 Å². The Morgan fingerprint density at radius 2 is 2.10 bits per heavy atom. The first-order chi connectivity index (χ1) is 10.1. The fourth-order valence-electron chi connectivity index (χ4n) is 2.07. The first-order valence-corrected chi connectivity index (χ1v) is 6.37. The van der Waals surface area contributed by atoms with Crippen LogP contribution in [0.5, 0.6) is 11.5 Å². The number of ether oxygens (including phenoxy) is 2. The Balaban J connectivity index is 1.54. The maximum absolute atomic E-state index is 11.8. The predicted molar refractivity (Wildman–Crippen MR) is 69.5 cm³/mol. The van der Waals surface area contributed by atoms with Crippen LogP contribution < -0.4 is 20.1 Å². The first-order valence-electron chi connectivity index (χ1n) is 6.37. The molecule has 21 heavy (non-hydrogen) atoms. The van der Waals surface area contributed by atoms with Crippen LogP contribution in [0.3, 0.4) is 0 Å². The zero-order valence-corrected chi connectivity index (χ0v) is 11.0. The summed E-state index contributed by atoms with van der Waals surface area (Å²) in [4.78, 5) is 35.3. The van der Waals surface area contributed by atoms with Crippen molar-refractivity contribution < 1.29 is 23.9 Å². The second kappa shape index (κ2) is 5.31. The van der Waals surface area contributed by atoms with Crippen LogP contribution in [0.4, 0.5) is 4.79 Å². The molecular formula is C13H13N3O5. The van der Waals surface area contributed by atoms with Gasteiger partial charge in [0.05, 0.1) is 6.54 Å². The van der Waals surface area contributed by atoms with E-state index in [-0.39, 0.29) is 26.4 Å². The summed E-state index contributed by atoms with van der Waals surface area (Å²) in [6.07, 6.45) is 0. The first kappa shape index (κ1) is 13.2. The van der Waals surface area contributed by atoms with Crippen molar-refractivity contribution in [2.75, 3.05) is 19.9 Å². The van der Waals surface area contributed by atoms with Gasteiger partial charge in [0.2, 0.25) is 12.7 Å². The number of benzene rings is 1. The van der Waals surface area contributed by atoms with Crippen molar-refractivity contribution in [2.24, 2.45) is 0 Å². The Hall–Kier alpha value is -2.77. The van der Waals surface area contributed by atoms with Gasteiger partial charge in [0, 0.05) is 6.54 Å². The minimum absolute atomic E-state index is 0.0612. The highest BCUT2D eigenvalue weighted by atomic mass is 16.7. The van der Waals surface area contributed by atoms with Gasteiger partial charge in [-0.1, -0.05) is 6.07 Å². The summed E-state index contributed by atoms with van der Waals surface area (Å²) >= 11 is 0. The van der Waals surface area contributed by atoms with E-state index in [0.29, 0.717) is 11.5 Å². The van der Waals surface area contributed by atoms with E-state index in [1.54, 1.807) is 12.1 Å². The lowest BCUT2D eigenvalue weighted by Crippen LogP contribution is -2.40. The summed E-state index contributed by atoms with van der Waals surface area (Å²) in [5.41, 5.74) is 0.838. The summed E-state index contributed by atoms with van der Waals surface area (Å²) in [5, 5.41) is 5.00. The molecule has 2 aliphatic heterocycles. The highest BCUT2D eigenvalue weighted by Crippen LogP contribution is 2.32. The van der Waals surface area contributed by atoms with E-state index >= 15 is 0 Å². The van der Waals surface area contributed by atoms with Crippen molar-refractivity contribution in [3.63, 3.8) is 0 Å². The lowest BCUT2D eigenvalue weighted by atomic mass is 10.2. The molecule has 1 aromatic carbocycles. The van der Waals surface area contributed by atoms with Gasteiger partial charge >= 0.3 is 6.03 Å². The van der Waals surface area contributed by atoms with Gasteiger partial charge in [-0.25, -0.2) is 4.79 Å². The van der Waals surface area contributed by atoms with Crippen molar-refractivity contribution in [2.45, 2.75) is 6.54 Å². The van der Waals surface area contributed by atoms with E-state index in [1.807, 2.05) is 6.07 Å². The van der Waals surface area contributed by atoms with Crippen molar-refractivity contribution in [3.8, 4) is 11.5 Å². The summed E-state index contributed by atoms with van der Waals surface area (Å²) < 4.78 is 10.4. The van der Waals surface area contributed by atoms with Crippen molar-refractivity contribution >= 4 is 17.8 Å². The molecule has 1 fully saturated rings. The molecule has 0 aromatic heterocycles. The average Bonchev–Trinajstić information content (AvgIpc) is 3.06. The average molecular weight is 291 g/mol. The van der Waals surface area contributed by atoms with Crippen molar-refractivity contribution in [1.82, 2.24) is 15.5 Å². The second-order valence-electron chi connectivity index (χ2n) is 4.60. The standard InChI is InChI=1S/C13H13N3O5/c17-11(6-16-12(18)5-15-13(16)19)14-4-8-1-2-9-10(3-8)21-7-20-9/h1-3H,4-7H2,(H,14,17)(H,15,19).